The van der Waals surface area contributed by atoms with Gasteiger partial charge in [0.05, 0.1) is 18.2 Å². The third-order valence-corrected chi connectivity index (χ3v) is 7.84. The van der Waals surface area contributed by atoms with Crippen molar-refractivity contribution in [1.29, 1.82) is 0 Å². The summed E-state index contributed by atoms with van der Waals surface area (Å²) in [5.41, 5.74) is 5.50. The normalized spacial score (nSPS) is 14.2. The molecule has 1 saturated carbocycles. The van der Waals surface area contributed by atoms with Crippen molar-refractivity contribution in [3.05, 3.63) is 118 Å². The second-order valence-electron chi connectivity index (χ2n) is 10.6. The van der Waals surface area contributed by atoms with Crippen molar-refractivity contribution in [2.24, 2.45) is 5.92 Å². The number of nitrogens with one attached hydrogen (secondary N) is 1. The van der Waals surface area contributed by atoms with Gasteiger partial charge in [-0.3, -0.25) is 4.79 Å². The van der Waals surface area contributed by atoms with Gasteiger partial charge >= 0.3 is 5.76 Å². The minimum Gasteiger partial charge on any atom is -0.513 e. The molecular weight excluding hydrogens is 502 g/mol. The lowest BCUT2D eigenvalue weighted by Crippen LogP contribution is -2.27. The van der Waals surface area contributed by atoms with Gasteiger partial charge in [-0.25, -0.2) is 4.79 Å². The number of rotatable bonds is 10. The molecule has 40 heavy (non-hydrogen) atoms. The quantitative estimate of drug-likeness (QED) is 0.217. The van der Waals surface area contributed by atoms with Gasteiger partial charge in [-0.15, -0.1) is 5.10 Å². The fraction of sp³-hybridized carbons (Fsp3) is 0.303. The van der Waals surface area contributed by atoms with E-state index in [2.05, 4.69) is 17.0 Å². The Hall–Kier alpha value is -4.39. The van der Waals surface area contributed by atoms with Gasteiger partial charge in [0.2, 0.25) is 11.8 Å². The van der Waals surface area contributed by atoms with Crippen LogP contribution in [-0.4, -0.2) is 20.8 Å². The number of nitrogens with zero attached hydrogens (tertiary/aromatic N) is 2. The minimum atomic E-state index is -0.507. The average Bonchev–Trinajstić information content (AvgIpc) is 3.61. The highest BCUT2D eigenvalue weighted by Crippen LogP contribution is 2.38. The van der Waals surface area contributed by atoms with Crippen LogP contribution in [0.5, 0.6) is 0 Å². The van der Waals surface area contributed by atoms with E-state index in [9.17, 15) is 14.7 Å². The fourth-order valence-electron chi connectivity index (χ4n) is 5.61. The average molecular weight is 538 g/mol. The van der Waals surface area contributed by atoms with E-state index in [0.29, 0.717) is 18.7 Å². The SMILES string of the molecule is C=C(O)CCc1cccc(NC(=O)C(c2ccc(Cn3nc(-c4ccccc4)oc3=O)cc2)C2CCCC2)c1C. The molecule has 1 heterocycles. The first-order chi connectivity index (χ1) is 19.4. The van der Waals surface area contributed by atoms with E-state index in [4.69, 9.17) is 4.42 Å². The maximum Gasteiger partial charge on any atom is 0.437 e. The molecule has 1 aliphatic rings. The van der Waals surface area contributed by atoms with Crippen LogP contribution in [0.1, 0.15) is 60.3 Å². The fourth-order valence-corrected chi connectivity index (χ4v) is 5.61. The van der Waals surface area contributed by atoms with Crippen LogP contribution in [0.2, 0.25) is 0 Å². The lowest BCUT2D eigenvalue weighted by atomic mass is 9.83. The Balaban J connectivity index is 1.34. The summed E-state index contributed by atoms with van der Waals surface area (Å²) in [7, 11) is 0. The topological polar surface area (TPSA) is 97.4 Å². The standard InChI is InChI=1S/C33H35N3O4/c1-22(37)15-18-25-13-8-14-29(23(25)2)34-31(38)30(26-9-6-7-10-26)27-19-16-24(17-20-27)21-36-33(39)40-32(35-36)28-11-4-3-5-12-28/h3-5,8,11-14,16-17,19-20,26,30,37H,1,6-7,9-10,15,18,21H2,2H3,(H,34,38). The summed E-state index contributed by atoms with van der Waals surface area (Å²) in [5.74, 6) is -0.0573. The monoisotopic (exact) mass is 537 g/mol. The van der Waals surface area contributed by atoms with Crippen molar-refractivity contribution < 1.29 is 14.3 Å². The van der Waals surface area contributed by atoms with Gasteiger partial charge in [0.25, 0.3) is 0 Å². The Morgan fingerprint density at radius 1 is 1.07 bits per heavy atom. The maximum atomic E-state index is 13.8. The van der Waals surface area contributed by atoms with E-state index in [1.807, 2.05) is 79.7 Å². The van der Waals surface area contributed by atoms with E-state index >= 15 is 0 Å². The van der Waals surface area contributed by atoms with Crippen LogP contribution in [-0.2, 0) is 17.8 Å². The van der Waals surface area contributed by atoms with Crippen molar-refractivity contribution in [3.63, 3.8) is 0 Å². The van der Waals surface area contributed by atoms with Gasteiger partial charge < -0.3 is 14.8 Å². The largest absolute Gasteiger partial charge is 0.513 e. The second kappa shape index (κ2) is 12.2. The van der Waals surface area contributed by atoms with E-state index in [1.54, 1.807) is 0 Å². The molecule has 0 spiro atoms. The predicted molar refractivity (Wildman–Crippen MR) is 156 cm³/mol. The number of aromatic nitrogens is 2. The molecular formula is C33H35N3O4. The summed E-state index contributed by atoms with van der Waals surface area (Å²) in [6, 6.07) is 23.1. The zero-order valence-corrected chi connectivity index (χ0v) is 22.8. The van der Waals surface area contributed by atoms with Gasteiger partial charge in [0.1, 0.15) is 0 Å². The molecule has 0 saturated heterocycles. The lowest BCUT2D eigenvalue weighted by molar-refractivity contribution is -0.118. The summed E-state index contributed by atoms with van der Waals surface area (Å²) in [4.78, 5) is 26.2. The van der Waals surface area contributed by atoms with Crippen LogP contribution < -0.4 is 11.1 Å². The molecule has 1 fully saturated rings. The number of hydrogen-bond donors (Lipinski definition) is 2. The third kappa shape index (κ3) is 6.25. The number of anilines is 1. The number of carbonyl (C=O) groups is 1. The second-order valence-corrected chi connectivity index (χ2v) is 10.6. The molecule has 7 heteroatoms. The van der Waals surface area contributed by atoms with Gasteiger partial charge in [-0.2, -0.15) is 4.68 Å². The molecule has 2 N–H and O–H groups in total. The van der Waals surface area contributed by atoms with Crippen LogP contribution in [0.3, 0.4) is 0 Å². The first-order valence-corrected chi connectivity index (χ1v) is 13.9. The van der Waals surface area contributed by atoms with Crippen LogP contribution >= 0.6 is 0 Å². The van der Waals surface area contributed by atoms with Crippen molar-refractivity contribution in [1.82, 2.24) is 9.78 Å². The van der Waals surface area contributed by atoms with E-state index in [-0.39, 0.29) is 30.0 Å². The smallest absolute Gasteiger partial charge is 0.437 e. The summed E-state index contributed by atoms with van der Waals surface area (Å²) in [5, 5.41) is 17.1. The highest BCUT2D eigenvalue weighted by molar-refractivity contribution is 5.96. The molecule has 0 radical (unpaired) electrons. The summed E-state index contributed by atoms with van der Waals surface area (Å²) < 4.78 is 6.68. The molecule has 1 amide bonds. The van der Waals surface area contributed by atoms with E-state index < -0.39 is 5.76 Å². The molecule has 1 atom stereocenters. The van der Waals surface area contributed by atoms with Crippen LogP contribution in [0.15, 0.2) is 94.3 Å². The zero-order valence-electron chi connectivity index (χ0n) is 22.8. The van der Waals surface area contributed by atoms with Gasteiger partial charge in [0, 0.05) is 17.7 Å². The Labute approximate surface area is 234 Å². The number of benzene rings is 3. The van der Waals surface area contributed by atoms with E-state index in [0.717, 1.165) is 59.2 Å². The molecule has 4 aromatic rings. The number of aliphatic hydroxyl groups excluding tert-OH is 1. The molecule has 1 aliphatic carbocycles. The zero-order chi connectivity index (χ0) is 28.1. The summed E-state index contributed by atoms with van der Waals surface area (Å²) >= 11 is 0. The molecule has 3 aromatic carbocycles. The Morgan fingerprint density at radius 2 is 1.80 bits per heavy atom. The Bertz CT molecular complexity index is 1530. The first-order valence-electron chi connectivity index (χ1n) is 13.9. The number of aryl methyl sites for hydroxylation is 1. The Morgan fingerprint density at radius 3 is 2.50 bits per heavy atom. The van der Waals surface area contributed by atoms with Crippen molar-refractivity contribution in [2.45, 2.75) is 57.9 Å². The maximum absolute atomic E-state index is 13.8. The molecule has 7 nitrogen and oxygen atoms in total. The first kappa shape index (κ1) is 27.2. The van der Waals surface area contributed by atoms with Crippen molar-refractivity contribution in [3.8, 4) is 11.5 Å². The van der Waals surface area contributed by atoms with Gasteiger partial charge in [-0.1, -0.05) is 74.0 Å². The van der Waals surface area contributed by atoms with Gasteiger partial charge in [0.15, 0.2) is 0 Å². The lowest BCUT2D eigenvalue weighted by Gasteiger charge is -2.24. The molecule has 1 unspecified atom stereocenters. The predicted octanol–water partition coefficient (Wildman–Crippen LogP) is 6.78. The highest BCUT2D eigenvalue weighted by Gasteiger charge is 2.32. The molecule has 0 bridgehead atoms. The molecule has 1 aromatic heterocycles. The molecule has 0 aliphatic heterocycles. The number of aliphatic hydroxyl groups is 1. The van der Waals surface area contributed by atoms with Crippen molar-refractivity contribution >= 4 is 11.6 Å². The molecule has 5 rings (SSSR count). The van der Waals surface area contributed by atoms with Crippen LogP contribution in [0, 0.1) is 12.8 Å². The molecule has 206 valence electrons. The number of allylic oxidation sites excluding steroid dienone is 1. The number of hydrogen-bond acceptors (Lipinski definition) is 5. The van der Waals surface area contributed by atoms with Crippen LogP contribution in [0.25, 0.3) is 11.5 Å². The number of carbonyl (C=O) groups excluding carboxylic acids is 1. The number of amides is 1. The summed E-state index contributed by atoms with van der Waals surface area (Å²) in [6.07, 6.45) is 5.46. The van der Waals surface area contributed by atoms with E-state index in [1.165, 1.54) is 4.68 Å². The van der Waals surface area contributed by atoms with Gasteiger partial charge in [-0.05, 0) is 72.6 Å². The van der Waals surface area contributed by atoms with Crippen LogP contribution in [0.4, 0.5) is 5.69 Å². The minimum absolute atomic E-state index is 0.00769. The summed E-state index contributed by atoms with van der Waals surface area (Å²) in [6.45, 7) is 5.86. The third-order valence-electron chi connectivity index (χ3n) is 7.84. The highest BCUT2D eigenvalue weighted by atomic mass is 16.4. The Kier molecular flexibility index (Phi) is 8.29. The van der Waals surface area contributed by atoms with Crippen molar-refractivity contribution in [2.75, 3.05) is 5.32 Å².